The molecule has 2 aromatic carbocycles. The van der Waals surface area contributed by atoms with Gasteiger partial charge in [0, 0.05) is 14.5 Å². The Morgan fingerprint density at radius 1 is 1.20 bits per heavy atom. The minimum atomic E-state index is -0.446. The van der Waals surface area contributed by atoms with Crippen molar-refractivity contribution < 1.29 is 9.18 Å². The SMILES string of the molecule is Cc1cc(F)cc(C(=O)Nc2c(N)cc(Br)cc2Br)c1. The van der Waals surface area contributed by atoms with Crippen LogP contribution in [-0.2, 0) is 0 Å². The Labute approximate surface area is 132 Å². The fraction of sp³-hybridized carbons (Fsp3) is 0.0714. The maximum Gasteiger partial charge on any atom is 0.255 e. The van der Waals surface area contributed by atoms with Crippen molar-refractivity contribution in [3.63, 3.8) is 0 Å². The number of nitrogens with one attached hydrogen (secondary N) is 1. The third-order valence-electron chi connectivity index (χ3n) is 2.63. The third-order valence-corrected chi connectivity index (χ3v) is 3.71. The van der Waals surface area contributed by atoms with Gasteiger partial charge in [-0.2, -0.15) is 0 Å². The number of carbonyl (C=O) groups is 1. The number of benzene rings is 2. The summed E-state index contributed by atoms with van der Waals surface area (Å²) in [5.41, 5.74) is 7.65. The zero-order valence-corrected chi connectivity index (χ0v) is 13.7. The van der Waals surface area contributed by atoms with Crippen molar-refractivity contribution in [1.29, 1.82) is 0 Å². The number of amides is 1. The lowest BCUT2D eigenvalue weighted by atomic mass is 10.1. The number of rotatable bonds is 2. The van der Waals surface area contributed by atoms with Gasteiger partial charge in [-0.1, -0.05) is 15.9 Å². The Balaban J connectivity index is 2.32. The standard InChI is InChI=1S/C14H11Br2FN2O/c1-7-2-8(4-10(17)3-7)14(20)19-13-11(16)5-9(15)6-12(13)18/h2-6H,18H2,1H3,(H,19,20). The number of hydrogen-bond acceptors (Lipinski definition) is 2. The molecule has 0 aliphatic heterocycles. The average molecular weight is 402 g/mol. The van der Waals surface area contributed by atoms with Gasteiger partial charge in [0.1, 0.15) is 5.82 Å². The molecule has 0 heterocycles. The van der Waals surface area contributed by atoms with Crippen LogP contribution in [0.3, 0.4) is 0 Å². The summed E-state index contributed by atoms with van der Waals surface area (Å²) in [5, 5.41) is 2.68. The molecule has 3 nitrogen and oxygen atoms in total. The van der Waals surface area contributed by atoms with E-state index in [9.17, 15) is 9.18 Å². The lowest BCUT2D eigenvalue weighted by Crippen LogP contribution is -2.14. The normalized spacial score (nSPS) is 10.4. The number of anilines is 2. The largest absolute Gasteiger partial charge is 0.397 e. The highest BCUT2D eigenvalue weighted by atomic mass is 79.9. The van der Waals surface area contributed by atoms with Gasteiger partial charge in [0.2, 0.25) is 0 Å². The fourth-order valence-corrected chi connectivity index (χ4v) is 3.14. The van der Waals surface area contributed by atoms with Gasteiger partial charge in [-0.3, -0.25) is 4.79 Å². The van der Waals surface area contributed by atoms with Gasteiger partial charge < -0.3 is 11.1 Å². The second-order valence-electron chi connectivity index (χ2n) is 4.32. The first kappa shape index (κ1) is 15.0. The first-order valence-corrected chi connectivity index (χ1v) is 7.28. The summed E-state index contributed by atoms with van der Waals surface area (Å²) in [6.45, 7) is 1.73. The molecule has 0 bridgehead atoms. The Kier molecular flexibility index (Phi) is 4.45. The molecule has 20 heavy (non-hydrogen) atoms. The molecule has 0 spiro atoms. The van der Waals surface area contributed by atoms with Crippen LogP contribution in [-0.4, -0.2) is 5.91 Å². The van der Waals surface area contributed by atoms with Crippen molar-refractivity contribution >= 4 is 49.1 Å². The van der Waals surface area contributed by atoms with E-state index in [0.29, 0.717) is 21.4 Å². The molecule has 0 aromatic heterocycles. The highest BCUT2D eigenvalue weighted by Gasteiger charge is 2.13. The van der Waals surface area contributed by atoms with E-state index in [-0.39, 0.29) is 5.56 Å². The van der Waals surface area contributed by atoms with Gasteiger partial charge >= 0.3 is 0 Å². The number of nitrogens with two attached hydrogens (primary N) is 1. The van der Waals surface area contributed by atoms with Crippen LogP contribution in [0, 0.1) is 12.7 Å². The summed E-state index contributed by atoms with van der Waals surface area (Å²) in [5.74, 6) is -0.861. The van der Waals surface area contributed by atoms with Crippen molar-refractivity contribution in [1.82, 2.24) is 0 Å². The highest BCUT2D eigenvalue weighted by Crippen LogP contribution is 2.32. The van der Waals surface area contributed by atoms with E-state index in [1.165, 1.54) is 12.1 Å². The minimum absolute atomic E-state index is 0.247. The lowest BCUT2D eigenvalue weighted by molar-refractivity contribution is 0.102. The van der Waals surface area contributed by atoms with Gasteiger partial charge in [0.15, 0.2) is 0 Å². The molecule has 0 aliphatic carbocycles. The molecule has 0 aliphatic rings. The van der Waals surface area contributed by atoms with Crippen LogP contribution in [0.5, 0.6) is 0 Å². The van der Waals surface area contributed by atoms with E-state index in [1.54, 1.807) is 25.1 Å². The maximum absolute atomic E-state index is 13.3. The van der Waals surface area contributed by atoms with Crippen LogP contribution < -0.4 is 11.1 Å². The first-order valence-electron chi connectivity index (χ1n) is 5.70. The van der Waals surface area contributed by atoms with E-state index in [4.69, 9.17) is 5.73 Å². The molecule has 3 N–H and O–H groups in total. The summed E-state index contributed by atoms with van der Waals surface area (Å²) in [4.78, 5) is 12.1. The molecule has 0 saturated heterocycles. The molecule has 0 fully saturated rings. The number of halogens is 3. The summed E-state index contributed by atoms with van der Waals surface area (Å²) >= 11 is 6.63. The topological polar surface area (TPSA) is 55.1 Å². The lowest BCUT2D eigenvalue weighted by Gasteiger charge is -2.11. The fourth-order valence-electron chi connectivity index (χ4n) is 1.78. The van der Waals surface area contributed by atoms with Crippen molar-refractivity contribution in [3.05, 3.63) is 56.2 Å². The van der Waals surface area contributed by atoms with Gasteiger partial charge in [-0.25, -0.2) is 4.39 Å². The van der Waals surface area contributed by atoms with Gasteiger partial charge in [-0.05, 0) is 58.7 Å². The van der Waals surface area contributed by atoms with E-state index in [2.05, 4.69) is 37.2 Å². The summed E-state index contributed by atoms with van der Waals surface area (Å²) in [7, 11) is 0. The second-order valence-corrected chi connectivity index (χ2v) is 6.09. The van der Waals surface area contributed by atoms with Gasteiger partial charge in [-0.15, -0.1) is 0 Å². The predicted molar refractivity (Wildman–Crippen MR) is 85.3 cm³/mol. The van der Waals surface area contributed by atoms with Crippen molar-refractivity contribution in [2.75, 3.05) is 11.1 Å². The molecule has 2 aromatic rings. The monoisotopic (exact) mass is 400 g/mol. The van der Waals surface area contributed by atoms with Crippen molar-refractivity contribution in [2.24, 2.45) is 0 Å². The van der Waals surface area contributed by atoms with Crippen LogP contribution in [0.1, 0.15) is 15.9 Å². The molecule has 0 unspecified atom stereocenters. The quantitative estimate of drug-likeness (QED) is 0.728. The van der Waals surface area contributed by atoms with Gasteiger partial charge in [0.25, 0.3) is 5.91 Å². The van der Waals surface area contributed by atoms with E-state index in [1.807, 2.05) is 0 Å². The zero-order valence-electron chi connectivity index (χ0n) is 10.5. The maximum atomic E-state index is 13.3. The predicted octanol–water partition coefficient (Wildman–Crippen LogP) is 4.49. The van der Waals surface area contributed by atoms with Gasteiger partial charge in [0.05, 0.1) is 11.4 Å². The molecule has 104 valence electrons. The van der Waals surface area contributed by atoms with E-state index in [0.717, 1.165) is 4.47 Å². The van der Waals surface area contributed by atoms with Crippen molar-refractivity contribution in [3.8, 4) is 0 Å². The second kappa shape index (κ2) is 5.93. The van der Waals surface area contributed by atoms with Crippen LogP contribution >= 0.6 is 31.9 Å². The summed E-state index contributed by atoms with van der Waals surface area (Å²) in [6, 6.07) is 7.60. The van der Waals surface area contributed by atoms with E-state index >= 15 is 0 Å². The number of nitrogen functional groups attached to an aromatic ring is 1. The first-order chi connectivity index (χ1) is 9.36. The molecule has 6 heteroatoms. The Bertz CT molecular complexity index is 646. The van der Waals surface area contributed by atoms with Crippen molar-refractivity contribution in [2.45, 2.75) is 6.92 Å². The average Bonchev–Trinajstić information content (AvgIpc) is 2.32. The Hall–Kier alpha value is -1.40. The smallest absolute Gasteiger partial charge is 0.255 e. The Morgan fingerprint density at radius 2 is 1.90 bits per heavy atom. The molecule has 1 amide bonds. The number of aryl methyl sites for hydroxylation is 1. The van der Waals surface area contributed by atoms with Crippen LogP contribution in [0.15, 0.2) is 39.3 Å². The number of hydrogen-bond donors (Lipinski definition) is 2. The third kappa shape index (κ3) is 3.37. The molecule has 0 radical (unpaired) electrons. The minimum Gasteiger partial charge on any atom is -0.397 e. The summed E-state index contributed by atoms with van der Waals surface area (Å²) in [6.07, 6.45) is 0. The van der Waals surface area contributed by atoms with Crippen LogP contribution in [0.4, 0.5) is 15.8 Å². The number of carbonyl (C=O) groups excluding carboxylic acids is 1. The molecular formula is C14H11Br2FN2O. The molecule has 0 saturated carbocycles. The highest BCUT2D eigenvalue weighted by molar-refractivity contribution is 9.11. The Morgan fingerprint density at radius 3 is 2.50 bits per heavy atom. The molecule has 0 atom stereocenters. The molecule has 2 rings (SSSR count). The van der Waals surface area contributed by atoms with Crippen LogP contribution in [0.2, 0.25) is 0 Å². The summed E-state index contributed by atoms with van der Waals surface area (Å²) < 4.78 is 14.8. The molecular weight excluding hydrogens is 391 g/mol. The zero-order chi connectivity index (χ0) is 14.9. The van der Waals surface area contributed by atoms with Crippen LogP contribution in [0.25, 0.3) is 0 Å². The van der Waals surface area contributed by atoms with E-state index < -0.39 is 11.7 Å².